The van der Waals surface area contributed by atoms with Gasteiger partial charge in [-0.1, -0.05) is 30.7 Å². The van der Waals surface area contributed by atoms with Crippen molar-refractivity contribution >= 4 is 38.6 Å². The van der Waals surface area contributed by atoms with E-state index in [-0.39, 0.29) is 4.90 Å². The molecule has 0 atom stereocenters. The van der Waals surface area contributed by atoms with E-state index in [1.165, 1.54) is 11.3 Å². The van der Waals surface area contributed by atoms with Crippen molar-refractivity contribution in [2.45, 2.75) is 24.8 Å². The summed E-state index contributed by atoms with van der Waals surface area (Å²) >= 11 is 7.14. The van der Waals surface area contributed by atoms with Gasteiger partial charge >= 0.3 is 0 Å². The Hall–Kier alpha value is -1.15. The Labute approximate surface area is 133 Å². The number of anilines is 1. The molecular weight excluding hydrogens is 330 g/mol. The number of rotatable bonds is 7. The van der Waals surface area contributed by atoms with Gasteiger partial charge in [-0.15, -0.1) is 11.3 Å². The van der Waals surface area contributed by atoms with Gasteiger partial charge < -0.3 is 5.32 Å². The highest BCUT2D eigenvalue weighted by molar-refractivity contribution is 7.89. The first-order chi connectivity index (χ1) is 10.0. The van der Waals surface area contributed by atoms with Crippen molar-refractivity contribution in [2.24, 2.45) is 0 Å². The fourth-order valence-corrected chi connectivity index (χ4v) is 3.94. The van der Waals surface area contributed by atoms with E-state index in [1.807, 2.05) is 6.92 Å². The SMILES string of the molecule is CCCNS(=O)(=O)c1ccccc1NCc1cnc(Cl)s1. The minimum absolute atomic E-state index is 0.245. The monoisotopic (exact) mass is 345 g/mol. The summed E-state index contributed by atoms with van der Waals surface area (Å²) in [6.07, 6.45) is 2.42. The van der Waals surface area contributed by atoms with Gasteiger partial charge in [0.1, 0.15) is 4.90 Å². The molecule has 0 bridgehead atoms. The Morgan fingerprint density at radius 3 is 2.76 bits per heavy atom. The lowest BCUT2D eigenvalue weighted by atomic mass is 10.3. The summed E-state index contributed by atoms with van der Waals surface area (Å²) in [6, 6.07) is 6.82. The molecule has 0 aliphatic rings. The largest absolute Gasteiger partial charge is 0.379 e. The van der Waals surface area contributed by atoms with E-state index < -0.39 is 10.0 Å². The molecule has 1 aromatic heterocycles. The number of hydrogen-bond donors (Lipinski definition) is 2. The van der Waals surface area contributed by atoms with Gasteiger partial charge in [-0.05, 0) is 18.6 Å². The maximum absolute atomic E-state index is 12.2. The van der Waals surface area contributed by atoms with E-state index in [2.05, 4.69) is 15.0 Å². The molecule has 2 N–H and O–H groups in total. The number of thiazole rings is 1. The summed E-state index contributed by atoms with van der Waals surface area (Å²) < 4.78 is 27.5. The van der Waals surface area contributed by atoms with Gasteiger partial charge in [-0.3, -0.25) is 0 Å². The fraction of sp³-hybridized carbons (Fsp3) is 0.308. The normalized spacial score (nSPS) is 11.5. The molecule has 0 radical (unpaired) electrons. The Morgan fingerprint density at radius 1 is 1.33 bits per heavy atom. The molecular formula is C13H16ClN3O2S2. The van der Waals surface area contributed by atoms with Crippen LogP contribution in [0.25, 0.3) is 0 Å². The highest BCUT2D eigenvalue weighted by atomic mass is 35.5. The maximum Gasteiger partial charge on any atom is 0.242 e. The van der Waals surface area contributed by atoms with Crippen LogP contribution in [0.2, 0.25) is 4.47 Å². The summed E-state index contributed by atoms with van der Waals surface area (Å²) in [6.45, 7) is 2.81. The molecule has 2 rings (SSSR count). The average Bonchev–Trinajstić information content (AvgIpc) is 2.89. The molecule has 0 fully saturated rings. The zero-order valence-electron chi connectivity index (χ0n) is 11.5. The third kappa shape index (κ3) is 4.41. The molecule has 1 heterocycles. The van der Waals surface area contributed by atoms with Crippen LogP contribution < -0.4 is 10.0 Å². The van der Waals surface area contributed by atoms with Crippen molar-refractivity contribution in [3.8, 4) is 0 Å². The zero-order chi connectivity index (χ0) is 15.3. The molecule has 2 aromatic rings. The van der Waals surface area contributed by atoms with E-state index in [9.17, 15) is 8.42 Å². The van der Waals surface area contributed by atoms with E-state index in [0.29, 0.717) is 23.2 Å². The lowest BCUT2D eigenvalue weighted by molar-refractivity contribution is 0.581. The van der Waals surface area contributed by atoms with Crippen molar-refractivity contribution in [1.29, 1.82) is 0 Å². The molecule has 0 spiro atoms. The second-order valence-electron chi connectivity index (χ2n) is 4.33. The predicted octanol–water partition coefficient (Wildman–Crippen LogP) is 3.10. The number of para-hydroxylation sites is 1. The van der Waals surface area contributed by atoms with E-state index >= 15 is 0 Å². The minimum Gasteiger partial charge on any atom is -0.379 e. The second-order valence-corrected chi connectivity index (χ2v) is 7.76. The van der Waals surface area contributed by atoms with Crippen molar-refractivity contribution in [2.75, 3.05) is 11.9 Å². The number of benzene rings is 1. The van der Waals surface area contributed by atoms with E-state index in [1.54, 1.807) is 30.5 Å². The van der Waals surface area contributed by atoms with Crippen LogP contribution in [0.15, 0.2) is 35.4 Å². The van der Waals surface area contributed by atoms with Gasteiger partial charge in [0, 0.05) is 17.6 Å². The molecule has 0 aliphatic carbocycles. The first-order valence-electron chi connectivity index (χ1n) is 6.45. The Bertz CT molecular complexity index is 701. The quantitative estimate of drug-likeness (QED) is 0.809. The Morgan fingerprint density at radius 2 is 2.10 bits per heavy atom. The Kier molecular flexibility index (Phi) is 5.58. The highest BCUT2D eigenvalue weighted by Crippen LogP contribution is 2.23. The number of halogens is 1. The number of hydrogen-bond acceptors (Lipinski definition) is 5. The van der Waals surface area contributed by atoms with Crippen LogP contribution in [0.1, 0.15) is 18.2 Å². The van der Waals surface area contributed by atoms with Crippen LogP contribution in [0.4, 0.5) is 5.69 Å². The van der Waals surface area contributed by atoms with Crippen molar-refractivity contribution in [1.82, 2.24) is 9.71 Å². The Balaban J connectivity index is 2.16. The topological polar surface area (TPSA) is 71.1 Å². The highest BCUT2D eigenvalue weighted by Gasteiger charge is 2.17. The van der Waals surface area contributed by atoms with E-state index in [4.69, 9.17) is 11.6 Å². The van der Waals surface area contributed by atoms with Crippen LogP contribution in [0.3, 0.4) is 0 Å². The zero-order valence-corrected chi connectivity index (χ0v) is 13.9. The number of nitrogens with zero attached hydrogens (tertiary/aromatic N) is 1. The first kappa shape index (κ1) is 16.2. The van der Waals surface area contributed by atoms with Gasteiger partial charge in [0.05, 0.1) is 12.2 Å². The van der Waals surface area contributed by atoms with E-state index in [0.717, 1.165) is 11.3 Å². The van der Waals surface area contributed by atoms with Crippen molar-refractivity contribution in [3.05, 3.63) is 39.8 Å². The fourth-order valence-electron chi connectivity index (χ4n) is 1.71. The maximum atomic E-state index is 12.2. The minimum atomic E-state index is -3.50. The molecule has 0 saturated carbocycles. The lowest BCUT2D eigenvalue weighted by Gasteiger charge is -2.12. The molecule has 0 aliphatic heterocycles. The van der Waals surface area contributed by atoms with Gasteiger partial charge in [0.25, 0.3) is 0 Å². The predicted molar refractivity (Wildman–Crippen MR) is 86.4 cm³/mol. The molecule has 0 unspecified atom stereocenters. The van der Waals surface area contributed by atoms with Gasteiger partial charge in [-0.2, -0.15) is 0 Å². The number of nitrogens with one attached hydrogen (secondary N) is 2. The summed E-state index contributed by atoms with van der Waals surface area (Å²) in [4.78, 5) is 5.14. The third-order valence-electron chi connectivity index (χ3n) is 2.70. The van der Waals surface area contributed by atoms with Crippen LogP contribution in [0.5, 0.6) is 0 Å². The number of aromatic nitrogens is 1. The first-order valence-corrected chi connectivity index (χ1v) is 9.13. The smallest absolute Gasteiger partial charge is 0.242 e. The van der Waals surface area contributed by atoms with Crippen molar-refractivity contribution < 1.29 is 8.42 Å². The molecule has 1 aromatic carbocycles. The number of sulfonamides is 1. The standard InChI is InChI=1S/C13H16ClN3O2S2/c1-2-7-17-21(18,19)12-6-4-3-5-11(12)15-8-10-9-16-13(14)20-10/h3-6,9,15,17H,2,7-8H2,1H3. The van der Waals surface area contributed by atoms with Crippen LogP contribution in [0, 0.1) is 0 Å². The second kappa shape index (κ2) is 7.22. The van der Waals surface area contributed by atoms with Gasteiger partial charge in [0.2, 0.25) is 10.0 Å². The summed E-state index contributed by atoms with van der Waals surface area (Å²) in [7, 11) is -3.50. The van der Waals surface area contributed by atoms with Gasteiger partial charge in [-0.25, -0.2) is 18.1 Å². The van der Waals surface area contributed by atoms with Gasteiger partial charge in [0.15, 0.2) is 4.47 Å². The molecule has 8 heteroatoms. The van der Waals surface area contributed by atoms with Crippen LogP contribution in [-0.2, 0) is 16.6 Å². The van der Waals surface area contributed by atoms with Crippen molar-refractivity contribution in [3.63, 3.8) is 0 Å². The molecule has 5 nitrogen and oxygen atoms in total. The molecule has 0 saturated heterocycles. The average molecular weight is 346 g/mol. The summed E-state index contributed by atoms with van der Waals surface area (Å²) in [5.74, 6) is 0. The summed E-state index contributed by atoms with van der Waals surface area (Å²) in [5.41, 5.74) is 0.561. The molecule has 0 amide bonds. The lowest BCUT2D eigenvalue weighted by Crippen LogP contribution is -2.25. The molecule has 21 heavy (non-hydrogen) atoms. The molecule has 114 valence electrons. The third-order valence-corrected chi connectivity index (χ3v) is 5.33. The van der Waals surface area contributed by atoms with Crippen LogP contribution >= 0.6 is 22.9 Å². The van der Waals surface area contributed by atoms with Crippen LogP contribution in [-0.4, -0.2) is 19.9 Å². The summed E-state index contributed by atoms with van der Waals surface area (Å²) in [5, 5.41) is 3.12.